The highest BCUT2D eigenvalue weighted by molar-refractivity contribution is 6.30. The number of aromatic nitrogens is 2. The summed E-state index contributed by atoms with van der Waals surface area (Å²) in [5.41, 5.74) is 0.850. The van der Waals surface area contributed by atoms with Crippen LogP contribution in [0.1, 0.15) is 30.5 Å². The smallest absolute Gasteiger partial charge is 0.266 e. The van der Waals surface area contributed by atoms with E-state index in [0.29, 0.717) is 16.4 Å². The van der Waals surface area contributed by atoms with E-state index in [0.717, 1.165) is 11.5 Å². The molecule has 0 spiro atoms. The summed E-state index contributed by atoms with van der Waals surface area (Å²) in [5.74, 6) is -0.898. The van der Waals surface area contributed by atoms with Crippen LogP contribution < -0.4 is 5.32 Å². The fourth-order valence-electron chi connectivity index (χ4n) is 2.53. The van der Waals surface area contributed by atoms with Crippen molar-refractivity contribution in [2.24, 2.45) is 0 Å². The zero-order valence-corrected chi connectivity index (χ0v) is 13.4. The first-order valence-electron chi connectivity index (χ1n) is 7.20. The second kappa shape index (κ2) is 6.65. The van der Waals surface area contributed by atoms with Gasteiger partial charge in [-0.3, -0.25) is 4.98 Å². The lowest BCUT2D eigenvalue weighted by molar-refractivity contribution is 0.146. The molecule has 2 heterocycles. The van der Waals surface area contributed by atoms with Gasteiger partial charge in [0.05, 0.1) is 23.3 Å². The monoisotopic (exact) mass is 351 g/mol. The molecule has 0 amide bonds. The molecule has 1 aromatic carbocycles. The maximum absolute atomic E-state index is 14.3. The predicted octanol–water partition coefficient (Wildman–Crippen LogP) is 5.53. The maximum atomic E-state index is 14.3. The van der Waals surface area contributed by atoms with E-state index in [1.54, 1.807) is 25.3 Å². The molecule has 7 heteroatoms. The van der Waals surface area contributed by atoms with E-state index in [1.807, 2.05) is 0 Å². The topological polar surface area (TPSA) is 37.8 Å². The minimum absolute atomic E-state index is 0.165. The maximum Gasteiger partial charge on any atom is 0.266 e. The van der Waals surface area contributed by atoms with Crippen LogP contribution in [0.3, 0.4) is 0 Å². The molecule has 0 saturated heterocycles. The molecular weight excluding hydrogens is 339 g/mol. The van der Waals surface area contributed by atoms with Crippen molar-refractivity contribution in [3.8, 4) is 0 Å². The van der Waals surface area contributed by atoms with Crippen molar-refractivity contribution >= 4 is 28.2 Å². The quantitative estimate of drug-likeness (QED) is 0.628. The fourth-order valence-corrected chi connectivity index (χ4v) is 2.69. The number of anilines is 1. The van der Waals surface area contributed by atoms with Crippen LogP contribution in [0.25, 0.3) is 10.9 Å². The zero-order valence-electron chi connectivity index (χ0n) is 12.6. The first kappa shape index (κ1) is 16.5. The number of benzene rings is 1. The lowest BCUT2D eigenvalue weighted by Gasteiger charge is -2.19. The Labute approximate surface area is 141 Å². The van der Waals surface area contributed by atoms with Crippen LogP contribution in [-0.4, -0.2) is 9.97 Å². The van der Waals surface area contributed by atoms with Crippen LogP contribution in [0.4, 0.5) is 18.9 Å². The SMILES string of the molecule is C[C@@H](Nc1ccnc2cnc(Cl)cc12)c1cccc(C(F)F)c1F. The molecule has 1 atom stereocenters. The Kier molecular flexibility index (Phi) is 4.57. The minimum atomic E-state index is -2.86. The minimum Gasteiger partial charge on any atom is -0.378 e. The largest absolute Gasteiger partial charge is 0.378 e. The third kappa shape index (κ3) is 3.14. The standard InChI is InChI=1S/C17H13ClF3N3/c1-9(10-3-2-4-11(16(10)19)17(20)21)24-13-5-6-22-14-8-23-15(18)7-12(13)14/h2-9,17H,1H3,(H,22,24)/t9-/m1/s1. The second-order valence-corrected chi connectivity index (χ2v) is 5.69. The summed E-state index contributed by atoms with van der Waals surface area (Å²) in [6.45, 7) is 1.70. The Balaban J connectivity index is 1.98. The average Bonchev–Trinajstić information content (AvgIpc) is 2.55. The summed E-state index contributed by atoms with van der Waals surface area (Å²) in [6.07, 6.45) is 0.258. The fraction of sp³-hybridized carbons (Fsp3) is 0.176. The molecule has 2 aromatic heterocycles. The summed E-state index contributed by atoms with van der Waals surface area (Å²) < 4.78 is 40.0. The third-order valence-electron chi connectivity index (χ3n) is 3.73. The number of hydrogen-bond acceptors (Lipinski definition) is 3. The Hall–Kier alpha value is -2.34. The van der Waals surface area contributed by atoms with Gasteiger partial charge in [0, 0.05) is 22.8 Å². The Morgan fingerprint density at radius 2 is 1.88 bits per heavy atom. The number of hydrogen-bond donors (Lipinski definition) is 1. The Morgan fingerprint density at radius 1 is 1.12 bits per heavy atom. The van der Waals surface area contributed by atoms with Crippen molar-refractivity contribution in [1.82, 2.24) is 9.97 Å². The normalized spacial score (nSPS) is 12.6. The summed E-state index contributed by atoms with van der Waals surface area (Å²) >= 11 is 5.92. The summed E-state index contributed by atoms with van der Waals surface area (Å²) in [7, 11) is 0. The van der Waals surface area contributed by atoms with Gasteiger partial charge in [0.1, 0.15) is 11.0 Å². The van der Waals surface area contributed by atoms with Crippen molar-refractivity contribution < 1.29 is 13.2 Å². The van der Waals surface area contributed by atoms with Gasteiger partial charge in [-0.25, -0.2) is 18.2 Å². The van der Waals surface area contributed by atoms with Gasteiger partial charge in [-0.1, -0.05) is 29.8 Å². The first-order valence-corrected chi connectivity index (χ1v) is 7.58. The molecule has 0 aliphatic carbocycles. The molecule has 124 valence electrons. The molecule has 3 aromatic rings. The van der Waals surface area contributed by atoms with Crippen LogP contribution >= 0.6 is 11.6 Å². The van der Waals surface area contributed by atoms with Gasteiger partial charge in [0.2, 0.25) is 0 Å². The summed E-state index contributed by atoms with van der Waals surface area (Å²) in [5, 5.41) is 4.14. The van der Waals surface area contributed by atoms with Crippen LogP contribution in [0.15, 0.2) is 42.7 Å². The number of rotatable bonds is 4. The molecule has 3 rings (SSSR count). The highest BCUT2D eigenvalue weighted by atomic mass is 35.5. The van der Waals surface area contributed by atoms with Crippen molar-refractivity contribution in [3.63, 3.8) is 0 Å². The zero-order chi connectivity index (χ0) is 17.3. The highest BCUT2D eigenvalue weighted by Crippen LogP contribution is 2.31. The van der Waals surface area contributed by atoms with Crippen LogP contribution in [0.5, 0.6) is 0 Å². The second-order valence-electron chi connectivity index (χ2n) is 5.30. The first-order chi connectivity index (χ1) is 11.5. The molecule has 0 unspecified atom stereocenters. The molecule has 0 aliphatic heterocycles. The number of nitrogens with one attached hydrogen (secondary N) is 1. The molecule has 0 aliphatic rings. The van der Waals surface area contributed by atoms with Crippen molar-refractivity contribution in [3.05, 3.63) is 64.8 Å². The lowest BCUT2D eigenvalue weighted by Crippen LogP contribution is -2.10. The van der Waals surface area contributed by atoms with Gasteiger partial charge in [0.15, 0.2) is 0 Å². The number of alkyl halides is 2. The van der Waals surface area contributed by atoms with E-state index in [-0.39, 0.29) is 5.56 Å². The van der Waals surface area contributed by atoms with Crippen molar-refractivity contribution in [2.75, 3.05) is 5.32 Å². The number of pyridine rings is 2. The molecule has 3 nitrogen and oxygen atoms in total. The van der Waals surface area contributed by atoms with Crippen LogP contribution in [-0.2, 0) is 0 Å². The summed E-state index contributed by atoms with van der Waals surface area (Å²) in [6, 6.07) is 6.82. The molecule has 0 radical (unpaired) electrons. The molecular formula is C17H13ClF3N3. The molecule has 1 N–H and O–H groups in total. The van der Waals surface area contributed by atoms with Gasteiger partial charge >= 0.3 is 0 Å². The van der Waals surface area contributed by atoms with Gasteiger partial charge in [-0.2, -0.15) is 0 Å². The van der Waals surface area contributed by atoms with Crippen molar-refractivity contribution in [1.29, 1.82) is 0 Å². The lowest BCUT2D eigenvalue weighted by atomic mass is 10.0. The molecule has 0 bridgehead atoms. The molecule has 0 saturated carbocycles. The van der Waals surface area contributed by atoms with E-state index in [4.69, 9.17) is 11.6 Å². The van der Waals surface area contributed by atoms with Gasteiger partial charge in [-0.15, -0.1) is 0 Å². The number of fused-ring (bicyclic) bond motifs is 1. The van der Waals surface area contributed by atoms with E-state index >= 15 is 0 Å². The van der Waals surface area contributed by atoms with E-state index in [1.165, 1.54) is 18.3 Å². The van der Waals surface area contributed by atoms with E-state index in [9.17, 15) is 13.2 Å². The van der Waals surface area contributed by atoms with E-state index < -0.39 is 23.8 Å². The Morgan fingerprint density at radius 3 is 2.62 bits per heavy atom. The predicted molar refractivity (Wildman–Crippen MR) is 87.9 cm³/mol. The molecule has 24 heavy (non-hydrogen) atoms. The van der Waals surface area contributed by atoms with Crippen LogP contribution in [0, 0.1) is 5.82 Å². The van der Waals surface area contributed by atoms with Gasteiger partial charge in [0.25, 0.3) is 6.43 Å². The third-order valence-corrected chi connectivity index (χ3v) is 3.93. The van der Waals surface area contributed by atoms with E-state index in [2.05, 4.69) is 15.3 Å². The number of halogens is 4. The van der Waals surface area contributed by atoms with Gasteiger partial charge in [-0.05, 0) is 19.1 Å². The number of nitrogens with zero attached hydrogens (tertiary/aromatic N) is 2. The van der Waals surface area contributed by atoms with Crippen LogP contribution in [0.2, 0.25) is 5.15 Å². The average molecular weight is 352 g/mol. The summed E-state index contributed by atoms with van der Waals surface area (Å²) in [4.78, 5) is 8.15. The molecule has 0 fully saturated rings. The highest BCUT2D eigenvalue weighted by Gasteiger charge is 2.19. The van der Waals surface area contributed by atoms with Gasteiger partial charge < -0.3 is 5.32 Å². The Bertz CT molecular complexity index is 886. The van der Waals surface area contributed by atoms with Crippen molar-refractivity contribution in [2.45, 2.75) is 19.4 Å².